The highest BCUT2D eigenvalue weighted by molar-refractivity contribution is 7.99. The molecule has 1 atom stereocenters. The molecule has 0 spiro atoms. The highest BCUT2D eigenvalue weighted by atomic mass is 32.2. The lowest BCUT2D eigenvalue weighted by molar-refractivity contribution is 0.132. The van der Waals surface area contributed by atoms with E-state index in [0.29, 0.717) is 5.41 Å². The summed E-state index contributed by atoms with van der Waals surface area (Å²) in [5, 5.41) is 0. The van der Waals surface area contributed by atoms with E-state index >= 15 is 0 Å². The molecule has 1 saturated carbocycles. The summed E-state index contributed by atoms with van der Waals surface area (Å²) >= 11 is 2.04. The zero-order chi connectivity index (χ0) is 14.7. The van der Waals surface area contributed by atoms with Crippen molar-refractivity contribution in [1.29, 1.82) is 0 Å². The van der Waals surface area contributed by atoms with Gasteiger partial charge in [-0.2, -0.15) is 0 Å². The van der Waals surface area contributed by atoms with E-state index < -0.39 is 0 Å². The quantitative estimate of drug-likeness (QED) is 0.809. The topological polar surface area (TPSA) is 26.0 Å². The minimum absolute atomic E-state index is 0.424. The van der Waals surface area contributed by atoms with Crippen LogP contribution in [0.3, 0.4) is 0 Å². The summed E-state index contributed by atoms with van der Waals surface area (Å²) in [5.41, 5.74) is 8.26. The van der Waals surface area contributed by atoms with Gasteiger partial charge in [-0.05, 0) is 67.5 Å². The summed E-state index contributed by atoms with van der Waals surface area (Å²) in [7, 11) is 0. The van der Waals surface area contributed by atoms with Gasteiger partial charge in [-0.15, -0.1) is 11.8 Å². The first-order valence-electron chi connectivity index (χ1n) is 8.68. The molecule has 116 valence electrons. The van der Waals surface area contributed by atoms with Gasteiger partial charge in [-0.25, -0.2) is 0 Å². The van der Waals surface area contributed by atoms with E-state index in [9.17, 15) is 0 Å². The minimum atomic E-state index is 0.424. The Kier molecular flexibility index (Phi) is 4.96. The van der Waals surface area contributed by atoms with Crippen LogP contribution < -0.4 is 5.73 Å². The third-order valence-electron chi connectivity index (χ3n) is 5.77. The van der Waals surface area contributed by atoms with E-state index in [1.165, 1.54) is 55.6 Å². The Balaban J connectivity index is 1.66. The first kappa shape index (κ1) is 15.4. The van der Waals surface area contributed by atoms with Crippen LogP contribution in [0.15, 0.2) is 29.2 Å². The maximum absolute atomic E-state index is 6.25. The van der Waals surface area contributed by atoms with Crippen LogP contribution in [0.5, 0.6) is 0 Å². The molecule has 1 aromatic carbocycles. The fraction of sp³-hybridized carbons (Fsp3) is 0.684. The van der Waals surface area contributed by atoms with E-state index in [1.54, 1.807) is 5.56 Å². The van der Waals surface area contributed by atoms with E-state index in [-0.39, 0.29) is 0 Å². The molecule has 1 nitrogen and oxygen atoms in total. The van der Waals surface area contributed by atoms with Crippen LogP contribution in [-0.4, -0.2) is 12.3 Å². The Morgan fingerprint density at radius 3 is 2.71 bits per heavy atom. The summed E-state index contributed by atoms with van der Waals surface area (Å²) in [4.78, 5) is 1.51. The summed E-state index contributed by atoms with van der Waals surface area (Å²) in [6, 6.07) is 8.99. The van der Waals surface area contributed by atoms with Gasteiger partial charge in [0.1, 0.15) is 0 Å². The third kappa shape index (κ3) is 3.32. The molecule has 1 aliphatic carbocycles. The second-order valence-electron chi connectivity index (χ2n) is 7.19. The van der Waals surface area contributed by atoms with Crippen molar-refractivity contribution in [3.63, 3.8) is 0 Å². The van der Waals surface area contributed by atoms with E-state index in [0.717, 1.165) is 18.4 Å². The number of thioether (sulfide) groups is 1. The highest BCUT2D eigenvalue weighted by Crippen LogP contribution is 2.50. The van der Waals surface area contributed by atoms with Crippen molar-refractivity contribution in [1.82, 2.24) is 0 Å². The number of hydrogen-bond donors (Lipinski definition) is 1. The molecule has 0 aromatic heterocycles. The fourth-order valence-corrected chi connectivity index (χ4v) is 5.65. The number of benzene rings is 1. The van der Waals surface area contributed by atoms with Crippen LogP contribution in [0.2, 0.25) is 0 Å². The molecule has 0 radical (unpaired) electrons. The van der Waals surface area contributed by atoms with Crippen molar-refractivity contribution in [3.05, 3.63) is 29.8 Å². The largest absolute Gasteiger partial charge is 0.330 e. The summed E-state index contributed by atoms with van der Waals surface area (Å²) < 4.78 is 0. The Hall–Kier alpha value is -0.470. The minimum Gasteiger partial charge on any atom is -0.330 e. The first-order valence-corrected chi connectivity index (χ1v) is 9.67. The number of hydrogen-bond acceptors (Lipinski definition) is 2. The predicted molar refractivity (Wildman–Crippen MR) is 92.9 cm³/mol. The molecule has 1 unspecified atom stereocenters. The van der Waals surface area contributed by atoms with Crippen LogP contribution in [0.4, 0.5) is 0 Å². The van der Waals surface area contributed by atoms with Crippen molar-refractivity contribution < 1.29 is 0 Å². The van der Waals surface area contributed by atoms with Crippen molar-refractivity contribution in [3.8, 4) is 0 Å². The smallest absolute Gasteiger partial charge is 0.0107 e. The van der Waals surface area contributed by atoms with Gasteiger partial charge in [0, 0.05) is 10.6 Å². The van der Waals surface area contributed by atoms with Gasteiger partial charge in [0.15, 0.2) is 0 Å². The molecular formula is C19H29NS. The molecule has 1 aliphatic heterocycles. The van der Waals surface area contributed by atoms with Crippen LogP contribution in [0, 0.1) is 11.3 Å². The average molecular weight is 304 g/mol. The standard InChI is InChI=1S/C19H29NS/c1-2-5-15-8-10-19(14-20,11-9-15)12-16-13-21-18-7-4-3-6-17(16)18/h3-4,6-7,15-16H,2,5,8-14,20H2,1H3. The van der Waals surface area contributed by atoms with Crippen molar-refractivity contribution in [2.75, 3.05) is 12.3 Å². The maximum Gasteiger partial charge on any atom is 0.0107 e. The van der Waals surface area contributed by atoms with Crippen LogP contribution in [0.25, 0.3) is 0 Å². The van der Waals surface area contributed by atoms with Crippen molar-refractivity contribution in [2.24, 2.45) is 17.1 Å². The highest BCUT2D eigenvalue weighted by Gasteiger charge is 2.37. The number of rotatable bonds is 5. The van der Waals surface area contributed by atoms with Crippen LogP contribution in [-0.2, 0) is 0 Å². The molecule has 3 rings (SSSR count). The molecule has 0 amide bonds. The maximum atomic E-state index is 6.25. The van der Waals surface area contributed by atoms with Gasteiger partial charge < -0.3 is 5.73 Å². The lowest BCUT2D eigenvalue weighted by atomic mass is 9.65. The Morgan fingerprint density at radius 1 is 1.24 bits per heavy atom. The van der Waals surface area contributed by atoms with Crippen molar-refractivity contribution >= 4 is 11.8 Å². The predicted octanol–water partition coefficient (Wildman–Crippen LogP) is 5.20. The van der Waals surface area contributed by atoms with E-state index in [4.69, 9.17) is 5.73 Å². The lowest BCUT2D eigenvalue weighted by Crippen LogP contribution is -2.36. The number of fused-ring (bicyclic) bond motifs is 1. The second-order valence-corrected chi connectivity index (χ2v) is 8.25. The molecule has 0 saturated heterocycles. The molecule has 1 heterocycles. The van der Waals surface area contributed by atoms with E-state index in [1.807, 2.05) is 11.8 Å². The molecule has 1 fully saturated rings. The van der Waals surface area contributed by atoms with Gasteiger partial charge in [-0.3, -0.25) is 0 Å². The molecule has 2 N–H and O–H groups in total. The molecule has 2 aliphatic rings. The van der Waals surface area contributed by atoms with Gasteiger partial charge in [-0.1, -0.05) is 38.0 Å². The van der Waals surface area contributed by atoms with E-state index in [2.05, 4.69) is 31.2 Å². The average Bonchev–Trinajstić information content (AvgIpc) is 2.93. The molecule has 21 heavy (non-hydrogen) atoms. The fourth-order valence-electron chi connectivity index (χ4n) is 4.40. The Bertz CT molecular complexity index is 462. The van der Waals surface area contributed by atoms with Gasteiger partial charge >= 0.3 is 0 Å². The van der Waals surface area contributed by atoms with Gasteiger partial charge in [0.2, 0.25) is 0 Å². The van der Waals surface area contributed by atoms with Gasteiger partial charge in [0.05, 0.1) is 0 Å². The monoisotopic (exact) mass is 303 g/mol. The zero-order valence-corrected chi connectivity index (χ0v) is 14.1. The zero-order valence-electron chi connectivity index (χ0n) is 13.3. The van der Waals surface area contributed by atoms with Crippen molar-refractivity contribution in [2.45, 2.75) is 62.7 Å². The summed E-state index contributed by atoms with van der Waals surface area (Å²) in [6.45, 7) is 3.20. The first-order chi connectivity index (χ1) is 10.3. The summed E-state index contributed by atoms with van der Waals surface area (Å²) in [5.74, 6) is 2.97. The second kappa shape index (κ2) is 6.75. The molecule has 0 bridgehead atoms. The number of nitrogens with two attached hydrogens (primary N) is 1. The molecular weight excluding hydrogens is 274 g/mol. The molecule has 1 aromatic rings. The van der Waals surface area contributed by atoms with Crippen LogP contribution >= 0.6 is 11.8 Å². The Labute approximate surface area is 134 Å². The normalized spacial score (nSPS) is 32.1. The van der Waals surface area contributed by atoms with Crippen LogP contribution in [0.1, 0.15) is 63.4 Å². The third-order valence-corrected chi connectivity index (χ3v) is 7.03. The van der Waals surface area contributed by atoms with Gasteiger partial charge in [0.25, 0.3) is 0 Å². The lowest BCUT2D eigenvalue weighted by Gasteiger charge is -2.41. The summed E-state index contributed by atoms with van der Waals surface area (Å²) in [6.07, 6.45) is 9.61. The SMILES string of the molecule is CCCC1CCC(CN)(CC2CSc3ccccc32)CC1. The Morgan fingerprint density at radius 2 is 2.00 bits per heavy atom. The molecule has 2 heteroatoms.